The minimum absolute atomic E-state index is 0.0923. The van der Waals surface area contributed by atoms with Crippen molar-refractivity contribution in [1.82, 2.24) is 14.9 Å². The molecule has 1 fully saturated rings. The number of carbonyl (C=O) groups excluding carboxylic acids is 2. The van der Waals surface area contributed by atoms with Crippen LogP contribution in [0.5, 0.6) is 5.75 Å². The highest BCUT2D eigenvalue weighted by Crippen LogP contribution is 2.35. The van der Waals surface area contributed by atoms with Gasteiger partial charge in [0.25, 0.3) is 0 Å². The number of likely N-dealkylation sites (tertiary alicyclic amines) is 1. The second kappa shape index (κ2) is 9.73. The summed E-state index contributed by atoms with van der Waals surface area (Å²) >= 11 is 5.68. The standard InChI is InChI=1S/C24H24ClF2N5O4/c1-24(2,3)36-23(34)32-8-7-17(32)22(33)31-16-9-12-15(10-18(16)35-4)28-11-29-21(12)30-14-6-5-13(26)19(25)20(14)27/h5-6,9-11,17H,7-8H2,1-4H3,(H,31,33)(H,28,29,30). The van der Waals surface area contributed by atoms with Crippen molar-refractivity contribution in [2.45, 2.75) is 38.8 Å². The smallest absolute Gasteiger partial charge is 0.410 e. The van der Waals surface area contributed by atoms with E-state index in [1.165, 1.54) is 24.4 Å². The predicted molar refractivity (Wildman–Crippen MR) is 131 cm³/mol. The van der Waals surface area contributed by atoms with Crippen LogP contribution in [0.2, 0.25) is 5.02 Å². The van der Waals surface area contributed by atoms with Gasteiger partial charge in [-0.1, -0.05) is 11.6 Å². The summed E-state index contributed by atoms with van der Waals surface area (Å²) in [6.07, 6.45) is 1.17. The molecule has 1 saturated heterocycles. The highest BCUT2D eigenvalue weighted by atomic mass is 35.5. The molecule has 36 heavy (non-hydrogen) atoms. The number of ether oxygens (including phenoxy) is 2. The van der Waals surface area contributed by atoms with Crippen LogP contribution in [0.25, 0.3) is 10.9 Å². The number of hydrogen-bond donors (Lipinski definition) is 2. The topological polar surface area (TPSA) is 106 Å². The van der Waals surface area contributed by atoms with Gasteiger partial charge in [0.2, 0.25) is 5.91 Å². The van der Waals surface area contributed by atoms with Crippen LogP contribution in [-0.4, -0.2) is 52.2 Å². The van der Waals surface area contributed by atoms with Crippen molar-refractivity contribution in [3.8, 4) is 5.75 Å². The van der Waals surface area contributed by atoms with Crippen LogP contribution in [0.15, 0.2) is 30.6 Å². The first-order valence-electron chi connectivity index (χ1n) is 11.0. The van der Waals surface area contributed by atoms with Gasteiger partial charge in [-0.25, -0.2) is 23.5 Å². The van der Waals surface area contributed by atoms with Gasteiger partial charge in [-0.15, -0.1) is 0 Å². The number of nitrogens with zero attached hydrogens (tertiary/aromatic N) is 3. The fraction of sp³-hybridized carbons (Fsp3) is 0.333. The second-order valence-electron chi connectivity index (χ2n) is 9.11. The summed E-state index contributed by atoms with van der Waals surface area (Å²) in [6.45, 7) is 5.65. The molecule has 0 spiro atoms. The van der Waals surface area contributed by atoms with E-state index in [4.69, 9.17) is 21.1 Å². The van der Waals surface area contributed by atoms with E-state index in [1.54, 1.807) is 32.9 Å². The molecule has 1 aliphatic heterocycles. The molecule has 1 unspecified atom stereocenters. The van der Waals surface area contributed by atoms with E-state index in [2.05, 4.69) is 20.6 Å². The van der Waals surface area contributed by atoms with Gasteiger partial charge in [-0.3, -0.25) is 9.69 Å². The maximum absolute atomic E-state index is 14.5. The molecule has 2 aromatic carbocycles. The molecule has 0 radical (unpaired) electrons. The van der Waals surface area contributed by atoms with E-state index in [0.29, 0.717) is 35.3 Å². The number of methoxy groups -OCH3 is 1. The lowest BCUT2D eigenvalue weighted by molar-refractivity contribution is -0.125. The molecule has 190 valence electrons. The number of amides is 2. The third-order valence-electron chi connectivity index (χ3n) is 5.45. The Morgan fingerprint density at radius 1 is 1.17 bits per heavy atom. The molecule has 4 rings (SSSR count). The third-order valence-corrected chi connectivity index (χ3v) is 5.80. The Morgan fingerprint density at radius 2 is 1.92 bits per heavy atom. The molecule has 1 aliphatic rings. The first-order valence-corrected chi connectivity index (χ1v) is 11.4. The van der Waals surface area contributed by atoms with Crippen LogP contribution < -0.4 is 15.4 Å². The molecule has 9 nitrogen and oxygen atoms in total. The maximum Gasteiger partial charge on any atom is 0.410 e. The lowest BCUT2D eigenvalue weighted by atomic mass is 10.0. The van der Waals surface area contributed by atoms with Crippen molar-refractivity contribution in [2.24, 2.45) is 0 Å². The summed E-state index contributed by atoms with van der Waals surface area (Å²) in [7, 11) is 1.43. The molecule has 2 heterocycles. The fourth-order valence-corrected chi connectivity index (χ4v) is 3.78. The average Bonchev–Trinajstić information content (AvgIpc) is 2.77. The highest BCUT2D eigenvalue weighted by Gasteiger charge is 2.40. The van der Waals surface area contributed by atoms with E-state index >= 15 is 0 Å². The third kappa shape index (κ3) is 5.11. The number of aromatic nitrogens is 2. The lowest BCUT2D eigenvalue weighted by Crippen LogP contribution is -2.57. The van der Waals surface area contributed by atoms with Gasteiger partial charge < -0.3 is 20.1 Å². The summed E-state index contributed by atoms with van der Waals surface area (Å²) in [5.74, 6) is -1.78. The number of halogens is 3. The van der Waals surface area contributed by atoms with Crippen molar-refractivity contribution < 1.29 is 27.8 Å². The quantitative estimate of drug-likeness (QED) is 0.443. The molecular weight excluding hydrogens is 496 g/mol. The number of rotatable bonds is 5. The van der Waals surface area contributed by atoms with Crippen molar-refractivity contribution >= 4 is 51.7 Å². The van der Waals surface area contributed by atoms with E-state index in [0.717, 1.165) is 6.07 Å². The Hall–Kier alpha value is -3.73. The monoisotopic (exact) mass is 519 g/mol. The first kappa shape index (κ1) is 25.4. The molecule has 2 N–H and O–H groups in total. The van der Waals surface area contributed by atoms with Crippen LogP contribution in [0.3, 0.4) is 0 Å². The van der Waals surface area contributed by atoms with Gasteiger partial charge in [0.05, 0.1) is 24.0 Å². The Balaban J connectivity index is 1.62. The normalized spacial score (nSPS) is 15.3. The van der Waals surface area contributed by atoms with Crippen LogP contribution in [0.1, 0.15) is 27.2 Å². The van der Waals surface area contributed by atoms with Gasteiger partial charge in [0, 0.05) is 18.0 Å². The Kier molecular flexibility index (Phi) is 6.85. The number of anilines is 3. The van der Waals surface area contributed by atoms with Crippen molar-refractivity contribution in [3.05, 3.63) is 47.2 Å². The average molecular weight is 520 g/mol. The summed E-state index contributed by atoms with van der Waals surface area (Å²) in [5, 5.41) is 5.34. The molecule has 0 aliphatic carbocycles. The molecule has 0 saturated carbocycles. The van der Waals surface area contributed by atoms with Gasteiger partial charge in [0.15, 0.2) is 5.82 Å². The molecule has 12 heteroatoms. The number of hydrogen-bond acceptors (Lipinski definition) is 7. The van der Waals surface area contributed by atoms with E-state index in [1.807, 2.05) is 0 Å². The van der Waals surface area contributed by atoms with Crippen molar-refractivity contribution in [2.75, 3.05) is 24.3 Å². The van der Waals surface area contributed by atoms with Crippen LogP contribution in [0, 0.1) is 11.6 Å². The zero-order valence-electron chi connectivity index (χ0n) is 20.0. The molecule has 1 atom stereocenters. The van der Waals surface area contributed by atoms with E-state index < -0.39 is 40.3 Å². The predicted octanol–water partition coefficient (Wildman–Crippen LogP) is 5.26. The lowest BCUT2D eigenvalue weighted by Gasteiger charge is -2.40. The molecular formula is C24H24ClF2N5O4. The Labute approximate surface area is 210 Å². The first-order chi connectivity index (χ1) is 17.0. The molecule has 3 aromatic rings. The Morgan fingerprint density at radius 3 is 2.56 bits per heavy atom. The fourth-order valence-electron chi connectivity index (χ4n) is 3.62. The van der Waals surface area contributed by atoms with Crippen LogP contribution in [0.4, 0.5) is 30.8 Å². The summed E-state index contributed by atoms with van der Waals surface area (Å²) < 4.78 is 38.8. The summed E-state index contributed by atoms with van der Waals surface area (Å²) in [4.78, 5) is 35.1. The zero-order chi connectivity index (χ0) is 26.2. The van der Waals surface area contributed by atoms with Crippen LogP contribution >= 0.6 is 11.6 Å². The maximum atomic E-state index is 14.5. The summed E-state index contributed by atoms with van der Waals surface area (Å²) in [5.41, 5.74) is -0.0471. The van der Waals surface area contributed by atoms with E-state index in [-0.39, 0.29) is 11.5 Å². The number of nitrogens with one attached hydrogen (secondary N) is 2. The minimum Gasteiger partial charge on any atom is -0.494 e. The van der Waals surface area contributed by atoms with Crippen molar-refractivity contribution in [3.63, 3.8) is 0 Å². The number of benzene rings is 2. The van der Waals surface area contributed by atoms with Crippen molar-refractivity contribution in [1.29, 1.82) is 0 Å². The van der Waals surface area contributed by atoms with Crippen LogP contribution in [-0.2, 0) is 9.53 Å². The van der Waals surface area contributed by atoms with Gasteiger partial charge >= 0.3 is 6.09 Å². The van der Waals surface area contributed by atoms with Gasteiger partial charge in [0.1, 0.15) is 40.4 Å². The number of carbonyl (C=O) groups is 2. The Bertz CT molecular complexity index is 1350. The molecule has 2 amide bonds. The largest absolute Gasteiger partial charge is 0.494 e. The number of fused-ring (bicyclic) bond motifs is 1. The zero-order valence-corrected chi connectivity index (χ0v) is 20.7. The van der Waals surface area contributed by atoms with Gasteiger partial charge in [-0.05, 0) is 45.4 Å². The summed E-state index contributed by atoms with van der Waals surface area (Å²) in [6, 6.07) is 4.66. The van der Waals surface area contributed by atoms with E-state index in [9.17, 15) is 18.4 Å². The molecule has 1 aromatic heterocycles. The minimum atomic E-state index is -0.974. The molecule has 0 bridgehead atoms. The second-order valence-corrected chi connectivity index (χ2v) is 9.49. The van der Waals surface area contributed by atoms with Gasteiger partial charge in [-0.2, -0.15) is 0 Å². The SMILES string of the molecule is COc1cc2ncnc(Nc3ccc(F)c(Cl)c3F)c2cc1NC(=O)C1CCN1C(=O)OC(C)(C)C. The highest BCUT2D eigenvalue weighted by molar-refractivity contribution is 6.31.